The number of methoxy groups -OCH3 is 1. The van der Waals surface area contributed by atoms with Gasteiger partial charge in [-0.15, -0.1) is 0 Å². The molecule has 2 aromatic rings. The lowest BCUT2D eigenvalue weighted by atomic mass is 9.92. The number of aromatic nitrogens is 2. The topological polar surface area (TPSA) is 102 Å². The van der Waals surface area contributed by atoms with Crippen molar-refractivity contribution in [2.24, 2.45) is 0 Å². The Labute approximate surface area is 179 Å². The first-order chi connectivity index (χ1) is 13.8. The minimum absolute atomic E-state index is 0.0194. The Morgan fingerprint density at radius 3 is 2.37 bits per heavy atom. The largest absolute Gasteiger partial charge is 0.383 e. The van der Waals surface area contributed by atoms with Crippen molar-refractivity contribution in [2.45, 2.75) is 57.4 Å². The zero-order valence-corrected chi connectivity index (χ0v) is 19.6. The van der Waals surface area contributed by atoms with Crippen LogP contribution in [-0.2, 0) is 25.7 Å². The Morgan fingerprint density at radius 1 is 1.13 bits per heavy atom. The van der Waals surface area contributed by atoms with Crippen LogP contribution in [0, 0.1) is 0 Å². The second-order valence-corrected chi connectivity index (χ2v) is 10.9. The van der Waals surface area contributed by atoms with Gasteiger partial charge < -0.3 is 10.1 Å². The van der Waals surface area contributed by atoms with Crippen molar-refractivity contribution in [3.05, 3.63) is 41.6 Å². The fraction of sp³-hybridized carbons (Fsp3) is 0.524. The maximum absolute atomic E-state index is 12.9. The maximum atomic E-state index is 12.9. The molecule has 2 rings (SSSR count). The number of hydrogen-bond acceptors (Lipinski definition) is 5. The molecule has 0 atom stereocenters. The quantitative estimate of drug-likeness (QED) is 0.649. The summed E-state index contributed by atoms with van der Waals surface area (Å²) in [5.74, 6) is 0.152. The fourth-order valence-electron chi connectivity index (χ4n) is 2.70. The van der Waals surface area contributed by atoms with Crippen LogP contribution in [0.3, 0.4) is 0 Å². The van der Waals surface area contributed by atoms with Crippen molar-refractivity contribution in [3.8, 4) is 0 Å². The van der Waals surface area contributed by atoms with Crippen LogP contribution < -0.4 is 10.0 Å². The molecule has 1 aromatic carbocycles. The average Bonchev–Trinajstić information content (AvgIpc) is 3.06. The number of nitrogens with one attached hydrogen (secondary N) is 2. The second-order valence-electron chi connectivity index (χ2n) is 9.12. The number of nitrogens with zero attached hydrogens (tertiary/aromatic N) is 2. The Balaban J connectivity index is 2.32. The second kappa shape index (κ2) is 8.87. The summed E-state index contributed by atoms with van der Waals surface area (Å²) in [6.45, 7) is 12.6. The number of ether oxygens (including phenoxy) is 1. The molecular formula is C21H32N4O4S. The molecule has 0 aliphatic heterocycles. The van der Waals surface area contributed by atoms with Gasteiger partial charge in [0.1, 0.15) is 5.82 Å². The van der Waals surface area contributed by atoms with Gasteiger partial charge in [0.2, 0.25) is 10.0 Å². The maximum Gasteiger partial charge on any atom is 0.256 e. The van der Waals surface area contributed by atoms with E-state index >= 15 is 0 Å². The molecule has 30 heavy (non-hydrogen) atoms. The van der Waals surface area contributed by atoms with Crippen LogP contribution in [-0.4, -0.2) is 44.4 Å². The first-order valence-electron chi connectivity index (χ1n) is 9.77. The van der Waals surface area contributed by atoms with Gasteiger partial charge in [-0.05, 0) is 39.0 Å². The minimum Gasteiger partial charge on any atom is -0.383 e. The Morgan fingerprint density at radius 2 is 1.80 bits per heavy atom. The third kappa shape index (κ3) is 5.90. The number of hydrogen-bond donors (Lipinski definition) is 2. The van der Waals surface area contributed by atoms with E-state index in [1.54, 1.807) is 16.8 Å². The van der Waals surface area contributed by atoms with E-state index in [0.29, 0.717) is 5.82 Å². The van der Waals surface area contributed by atoms with Crippen LogP contribution in [0.5, 0.6) is 0 Å². The summed E-state index contributed by atoms with van der Waals surface area (Å²) >= 11 is 0. The zero-order chi connectivity index (χ0) is 22.7. The van der Waals surface area contributed by atoms with Gasteiger partial charge in [0.25, 0.3) is 5.91 Å². The molecule has 2 N–H and O–H groups in total. The predicted octanol–water partition coefficient (Wildman–Crippen LogP) is 3.11. The highest BCUT2D eigenvalue weighted by molar-refractivity contribution is 7.89. The first-order valence-corrected chi connectivity index (χ1v) is 11.2. The van der Waals surface area contributed by atoms with E-state index in [-0.39, 0.29) is 34.6 Å². The smallest absolute Gasteiger partial charge is 0.256 e. The lowest BCUT2D eigenvalue weighted by Gasteiger charge is -2.23. The molecule has 1 aromatic heterocycles. The van der Waals surface area contributed by atoms with Crippen LogP contribution in [0.1, 0.15) is 57.6 Å². The third-order valence-electron chi connectivity index (χ3n) is 4.36. The van der Waals surface area contributed by atoms with Gasteiger partial charge >= 0.3 is 0 Å². The number of sulfonamides is 1. The molecule has 166 valence electrons. The third-order valence-corrected chi connectivity index (χ3v) is 5.82. The van der Waals surface area contributed by atoms with Crippen molar-refractivity contribution in [1.29, 1.82) is 0 Å². The van der Waals surface area contributed by atoms with Crippen LogP contribution in [0.25, 0.3) is 0 Å². The van der Waals surface area contributed by atoms with E-state index in [9.17, 15) is 13.2 Å². The molecule has 1 heterocycles. The lowest BCUT2D eigenvalue weighted by Crippen LogP contribution is -2.28. The SMILES string of the molecule is COCCNS(=O)(=O)c1cccc(C(=O)Nc2cc(C(C)(C)C)nn2C(C)(C)C)c1. The highest BCUT2D eigenvalue weighted by atomic mass is 32.2. The Kier molecular flexibility index (Phi) is 7.11. The van der Waals surface area contributed by atoms with Crippen molar-refractivity contribution in [1.82, 2.24) is 14.5 Å². The summed E-state index contributed by atoms with van der Waals surface area (Å²) in [5.41, 5.74) is 0.565. The molecule has 0 spiro atoms. The molecular weight excluding hydrogens is 404 g/mol. The van der Waals surface area contributed by atoms with E-state index in [0.717, 1.165) is 5.69 Å². The van der Waals surface area contributed by atoms with Crippen molar-refractivity contribution < 1.29 is 17.9 Å². The fourth-order valence-corrected chi connectivity index (χ4v) is 3.76. The van der Waals surface area contributed by atoms with Crippen LogP contribution in [0.15, 0.2) is 35.2 Å². The Bertz CT molecular complexity index is 999. The average molecular weight is 437 g/mol. The van der Waals surface area contributed by atoms with Gasteiger partial charge in [-0.25, -0.2) is 17.8 Å². The number of carbonyl (C=O) groups is 1. The standard InChI is InChI=1S/C21H32N4O4S/c1-20(2,3)17-14-18(25(24-17)21(4,5)6)23-19(26)15-9-8-10-16(13-15)30(27,28)22-11-12-29-7/h8-10,13-14,22H,11-12H2,1-7H3,(H,23,26). The van der Waals surface area contributed by atoms with Crippen LogP contribution in [0.2, 0.25) is 0 Å². The molecule has 0 radical (unpaired) electrons. The van der Waals surface area contributed by atoms with Gasteiger partial charge in [-0.2, -0.15) is 5.10 Å². The first kappa shape index (κ1) is 24.0. The van der Waals surface area contributed by atoms with Crippen LogP contribution in [0.4, 0.5) is 5.82 Å². The summed E-state index contributed by atoms with van der Waals surface area (Å²) in [4.78, 5) is 12.9. The normalized spacial score (nSPS) is 12.8. The molecule has 0 bridgehead atoms. The highest BCUT2D eigenvalue weighted by Gasteiger charge is 2.26. The summed E-state index contributed by atoms with van der Waals surface area (Å²) in [6, 6.07) is 7.78. The lowest BCUT2D eigenvalue weighted by molar-refractivity contribution is 0.102. The molecule has 8 nitrogen and oxygen atoms in total. The summed E-state index contributed by atoms with van der Waals surface area (Å²) in [5, 5.41) is 7.57. The van der Waals surface area contributed by atoms with E-state index in [1.807, 2.05) is 26.8 Å². The number of benzene rings is 1. The molecule has 0 aliphatic carbocycles. The van der Waals surface area contributed by atoms with Gasteiger partial charge in [0.15, 0.2) is 0 Å². The zero-order valence-electron chi connectivity index (χ0n) is 18.7. The number of amides is 1. The van der Waals surface area contributed by atoms with Crippen molar-refractivity contribution in [3.63, 3.8) is 0 Å². The molecule has 0 aliphatic rings. The van der Waals surface area contributed by atoms with Crippen LogP contribution >= 0.6 is 0 Å². The van der Waals surface area contributed by atoms with Gasteiger partial charge in [-0.3, -0.25) is 4.79 Å². The molecule has 1 amide bonds. The minimum atomic E-state index is -3.74. The van der Waals surface area contributed by atoms with Gasteiger partial charge in [0, 0.05) is 30.7 Å². The van der Waals surface area contributed by atoms with Crippen molar-refractivity contribution in [2.75, 3.05) is 25.6 Å². The Hall–Kier alpha value is -2.23. The molecule has 9 heteroatoms. The molecule has 0 saturated carbocycles. The van der Waals surface area contributed by atoms with Gasteiger partial charge in [-0.1, -0.05) is 26.8 Å². The van der Waals surface area contributed by atoms with E-state index in [4.69, 9.17) is 4.74 Å². The highest BCUT2D eigenvalue weighted by Crippen LogP contribution is 2.28. The molecule has 0 saturated heterocycles. The monoisotopic (exact) mass is 436 g/mol. The van der Waals surface area contributed by atoms with E-state index < -0.39 is 15.9 Å². The van der Waals surface area contributed by atoms with E-state index in [2.05, 4.69) is 35.9 Å². The summed E-state index contributed by atoms with van der Waals surface area (Å²) in [6.07, 6.45) is 0. The summed E-state index contributed by atoms with van der Waals surface area (Å²) in [7, 11) is -2.24. The molecule has 0 fully saturated rings. The van der Waals surface area contributed by atoms with E-state index in [1.165, 1.54) is 19.2 Å². The molecule has 0 unspecified atom stereocenters. The van der Waals surface area contributed by atoms with Crippen molar-refractivity contribution >= 4 is 21.7 Å². The predicted molar refractivity (Wildman–Crippen MR) is 117 cm³/mol. The number of carbonyl (C=O) groups excluding carboxylic acids is 1. The number of rotatable bonds is 7. The number of anilines is 1. The summed E-state index contributed by atoms with van der Waals surface area (Å²) < 4.78 is 33.9. The van der Waals surface area contributed by atoms with Gasteiger partial charge in [0.05, 0.1) is 22.7 Å².